The van der Waals surface area contributed by atoms with E-state index in [1.165, 1.54) is 11.3 Å². The van der Waals surface area contributed by atoms with Gasteiger partial charge in [-0.25, -0.2) is 0 Å². The highest BCUT2D eigenvalue weighted by molar-refractivity contribution is 7.80. The van der Waals surface area contributed by atoms with Gasteiger partial charge in [0.25, 0.3) is 0 Å². The van der Waals surface area contributed by atoms with Crippen LogP contribution in [-0.2, 0) is 9.47 Å². The van der Waals surface area contributed by atoms with Crippen molar-refractivity contribution >= 4 is 17.1 Å². The maximum atomic E-state index is 5.88. The van der Waals surface area contributed by atoms with Crippen molar-refractivity contribution in [2.24, 2.45) is 47.3 Å². The molecule has 5 aliphatic carbocycles. The fourth-order valence-corrected chi connectivity index (χ4v) is 7.37. The van der Waals surface area contributed by atoms with Crippen LogP contribution < -0.4 is 0 Å². The highest BCUT2D eigenvalue weighted by Gasteiger charge is 2.87. The largest absolute Gasteiger partial charge is 0.353 e. The molecule has 8 unspecified atom stereocenters. The van der Waals surface area contributed by atoms with E-state index < -0.39 is 0 Å². The lowest BCUT2D eigenvalue weighted by Gasteiger charge is -2.52. The van der Waals surface area contributed by atoms with Gasteiger partial charge in [0.05, 0.1) is 0 Å². The Hall–Kier alpha value is 0.01000. The van der Waals surface area contributed by atoms with Crippen molar-refractivity contribution in [1.82, 2.24) is 0 Å². The zero-order valence-electron chi connectivity index (χ0n) is 9.55. The number of hydrogen-bond donors (Lipinski definition) is 0. The molecule has 0 aromatic rings. The molecule has 0 N–H and O–H groups in total. The lowest BCUT2D eigenvalue weighted by atomic mass is 9.58. The van der Waals surface area contributed by atoms with Crippen molar-refractivity contribution in [3.63, 3.8) is 0 Å². The van der Waals surface area contributed by atoms with Crippen LogP contribution in [-0.4, -0.2) is 24.9 Å². The van der Waals surface area contributed by atoms with Crippen LogP contribution in [0.3, 0.4) is 0 Å². The van der Waals surface area contributed by atoms with E-state index in [4.69, 9.17) is 21.7 Å². The van der Waals surface area contributed by atoms with Crippen molar-refractivity contribution in [3.8, 4) is 0 Å². The SMILES string of the molecule is COC1(OC)C2C3CC4C2C(=S)C2C4C3C21. The first-order valence-corrected chi connectivity index (χ1v) is 6.81. The monoisotopic (exact) mass is 236 g/mol. The van der Waals surface area contributed by atoms with Crippen molar-refractivity contribution in [2.45, 2.75) is 12.2 Å². The minimum Gasteiger partial charge on any atom is -0.353 e. The van der Waals surface area contributed by atoms with E-state index >= 15 is 0 Å². The topological polar surface area (TPSA) is 18.5 Å². The quantitative estimate of drug-likeness (QED) is 0.537. The second-order valence-electron chi connectivity index (χ2n) is 6.35. The van der Waals surface area contributed by atoms with Gasteiger partial charge in [-0.05, 0) is 30.1 Å². The highest BCUT2D eigenvalue weighted by Crippen LogP contribution is 2.84. The molecule has 0 amide bonds. The molecule has 0 aliphatic heterocycles. The van der Waals surface area contributed by atoms with E-state index in [2.05, 4.69) is 0 Å². The van der Waals surface area contributed by atoms with Gasteiger partial charge in [0.2, 0.25) is 0 Å². The molecule has 86 valence electrons. The van der Waals surface area contributed by atoms with Crippen molar-refractivity contribution < 1.29 is 9.47 Å². The van der Waals surface area contributed by atoms with Crippen molar-refractivity contribution in [2.75, 3.05) is 14.2 Å². The van der Waals surface area contributed by atoms with Crippen LogP contribution in [0.2, 0.25) is 0 Å². The molecule has 2 bridgehead atoms. The van der Waals surface area contributed by atoms with Crippen LogP contribution in [0.4, 0.5) is 0 Å². The molecule has 0 aromatic carbocycles. The second kappa shape index (κ2) is 2.27. The zero-order chi connectivity index (χ0) is 10.8. The Bertz CT molecular complexity index is 416. The predicted molar refractivity (Wildman–Crippen MR) is 61.9 cm³/mol. The minimum atomic E-state index is -0.269. The Balaban J connectivity index is 1.78. The molecule has 16 heavy (non-hydrogen) atoms. The molecule has 5 saturated carbocycles. The van der Waals surface area contributed by atoms with E-state index in [9.17, 15) is 0 Å². The third-order valence-corrected chi connectivity index (χ3v) is 7.27. The summed E-state index contributed by atoms with van der Waals surface area (Å²) in [5, 5.41) is 0. The molecule has 0 saturated heterocycles. The molecule has 0 radical (unpaired) electrons. The van der Waals surface area contributed by atoms with Crippen molar-refractivity contribution in [1.29, 1.82) is 0 Å². The van der Waals surface area contributed by atoms with Gasteiger partial charge in [-0.1, -0.05) is 12.2 Å². The van der Waals surface area contributed by atoms with E-state index in [0.29, 0.717) is 23.7 Å². The molecule has 2 nitrogen and oxygen atoms in total. The molecule has 0 aromatic heterocycles. The van der Waals surface area contributed by atoms with Crippen LogP contribution in [0.15, 0.2) is 0 Å². The molecular weight excluding hydrogens is 220 g/mol. The van der Waals surface area contributed by atoms with Gasteiger partial charge in [0.1, 0.15) is 0 Å². The van der Waals surface area contributed by atoms with Gasteiger partial charge in [-0.3, -0.25) is 0 Å². The Morgan fingerprint density at radius 3 is 2.50 bits per heavy atom. The average molecular weight is 236 g/mol. The minimum absolute atomic E-state index is 0.269. The lowest BCUT2D eigenvalue weighted by molar-refractivity contribution is -0.278. The van der Waals surface area contributed by atoms with E-state index in [0.717, 1.165) is 23.7 Å². The summed E-state index contributed by atoms with van der Waals surface area (Å²) in [6, 6.07) is 0. The van der Waals surface area contributed by atoms with Gasteiger partial charge in [0, 0.05) is 42.8 Å². The van der Waals surface area contributed by atoms with Crippen LogP contribution in [0.25, 0.3) is 0 Å². The summed E-state index contributed by atoms with van der Waals surface area (Å²) in [7, 11) is 3.66. The lowest BCUT2D eigenvalue weighted by Crippen LogP contribution is -2.58. The normalized spacial score (nSPS) is 65.8. The molecule has 0 heterocycles. The Kier molecular flexibility index (Phi) is 1.28. The summed E-state index contributed by atoms with van der Waals surface area (Å²) in [5.74, 6) is 5.82. The van der Waals surface area contributed by atoms with Gasteiger partial charge in [-0.15, -0.1) is 0 Å². The van der Waals surface area contributed by atoms with Gasteiger partial charge in [-0.2, -0.15) is 0 Å². The molecule has 5 rings (SSSR count). The fraction of sp³-hybridized carbons (Fsp3) is 0.923. The van der Waals surface area contributed by atoms with Crippen LogP contribution >= 0.6 is 12.2 Å². The number of ether oxygens (including phenoxy) is 2. The Labute approximate surface area is 101 Å². The third kappa shape index (κ3) is 0.544. The van der Waals surface area contributed by atoms with Gasteiger partial charge in [0.15, 0.2) is 5.79 Å². The molecule has 5 fully saturated rings. The standard InChI is InChI=1S/C13H16O2S/c1-14-13(15-2)10-5-3-4-6-7(5)11(13)9(6)12(16)8(4)10/h4-11H,3H2,1-2H3. The summed E-state index contributed by atoms with van der Waals surface area (Å²) in [5.41, 5.74) is 0. The predicted octanol–water partition coefficient (Wildman–Crippen LogP) is 1.73. The summed E-state index contributed by atoms with van der Waals surface area (Å²) in [6.45, 7) is 0. The summed E-state index contributed by atoms with van der Waals surface area (Å²) < 4.78 is 11.8. The Morgan fingerprint density at radius 2 is 1.81 bits per heavy atom. The number of thiocarbonyl (C=S) groups is 1. The summed E-state index contributed by atoms with van der Waals surface area (Å²) >= 11 is 5.72. The number of methoxy groups -OCH3 is 2. The van der Waals surface area contributed by atoms with Gasteiger partial charge < -0.3 is 9.47 Å². The first kappa shape index (κ1) is 9.01. The number of rotatable bonds is 2. The second-order valence-corrected chi connectivity index (χ2v) is 6.82. The zero-order valence-corrected chi connectivity index (χ0v) is 10.4. The highest BCUT2D eigenvalue weighted by atomic mass is 32.1. The average Bonchev–Trinajstić information content (AvgIpc) is 2.76. The molecular formula is C13H16O2S. The third-order valence-electron chi connectivity index (χ3n) is 6.73. The first-order chi connectivity index (χ1) is 7.76. The number of fused-ring (bicyclic) bond motifs is 2. The molecule has 8 atom stereocenters. The molecule has 3 heteroatoms. The maximum Gasteiger partial charge on any atom is 0.174 e. The van der Waals surface area contributed by atoms with Crippen LogP contribution in [0, 0.1) is 47.3 Å². The van der Waals surface area contributed by atoms with Crippen LogP contribution in [0.5, 0.6) is 0 Å². The number of hydrogen-bond acceptors (Lipinski definition) is 3. The Morgan fingerprint density at radius 1 is 1.06 bits per heavy atom. The van der Waals surface area contributed by atoms with Crippen molar-refractivity contribution in [3.05, 3.63) is 0 Å². The van der Waals surface area contributed by atoms with Crippen LogP contribution in [0.1, 0.15) is 6.42 Å². The molecule has 5 aliphatic rings. The smallest absolute Gasteiger partial charge is 0.174 e. The van der Waals surface area contributed by atoms with E-state index in [1.54, 1.807) is 0 Å². The summed E-state index contributed by atoms with van der Waals surface area (Å²) in [4.78, 5) is 1.39. The maximum absolute atomic E-state index is 5.88. The fourth-order valence-electron chi connectivity index (χ4n) is 6.74. The van der Waals surface area contributed by atoms with E-state index in [1.807, 2.05) is 14.2 Å². The first-order valence-electron chi connectivity index (χ1n) is 6.40. The summed E-state index contributed by atoms with van der Waals surface area (Å²) in [6.07, 6.45) is 1.41. The molecule has 0 spiro atoms. The van der Waals surface area contributed by atoms with E-state index in [-0.39, 0.29) is 5.79 Å². The van der Waals surface area contributed by atoms with Gasteiger partial charge >= 0.3 is 0 Å².